The first-order valence-corrected chi connectivity index (χ1v) is 5.65. The second-order valence-corrected chi connectivity index (χ2v) is 4.75. The molecule has 1 amide bonds. The number of esters is 1. The second kappa shape index (κ2) is 6.98. The van der Waals surface area contributed by atoms with Crippen LogP contribution in [0.25, 0.3) is 0 Å². The van der Waals surface area contributed by atoms with Gasteiger partial charge in [0.2, 0.25) is 0 Å². The molecule has 7 heteroatoms. The minimum atomic E-state index is -4.66. The summed E-state index contributed by atoms with van der Waals surface area (Å²) < 4.78 is 39.6. The van der Waals surface area contributed by atoms with E-state index in [2.05, 4.69) is 11.3 Å². The first-order valence-electron chi connectivity index (χ1n) is 5.65. The van der Waals surface area contributed by atoms with Gasteiger partial charge in [-0.25, -0.2) is 4.79 Å². The predicted octanol–water partition coefficient (Wildman–Crippen LogP) is 1.91. The molecule has 112 valence electrons. The summed E-state index contributed by atoms with van der Waals surface area (Å²) in [4.78, 5) is 24.4. The summed E-state index contributed by atoms with van der Waals surface area (Å²) in [7, 11) is 0. The molecule has 0 atom stereocenters. The number of rotatable bonds is 3. The third-order valence-corrected chi connectivity index (χ3v) is 2.05. The first-order chi connectivity index (χ1) is 8.99. The van der Waals surface area contributed by atoms with Crippen molar-refractivity contribution in [1.82, 2.24) is 4.90 Å². The number of hydrogen-bond donors (Lipinski definition) is 0. The van der Waals surface area contributed by atoms with Crippen molar-refractivity contribution in [3.63, 3.8) is 0 Å². The number of hydrogen-bond acceptors (Lipinski definition) is 3. The minimum Gasteiger partial charge on any atom is -0.445 e. The van der Waals surface area contributed by atoms with E-state index in [1.54, 1.807) is 26.7 Å². The van der Waals surface area contributed by atoms with E-state index >= 15 is 0 Å². The van der Waals surface area contributed by atoms with Crippen LogP contribution in [0.2, 0.25) is 0 Å². The SMILES string of the molecule is C=CCN(C(=O)C(=O)OCC#CC(F)(F)F)C(C)(C)C. The van der Waals surface area contributed by atoms with Gasteiger partial charge in [-0.05, 0) is 20.8 Å². The zero-order valence-corrected chi connectivity index (χ0v) is 11.5. The number of alkyl halides is 3. The average molecular weight is 291 g/mol. The Morgan fingerprint density at radius 1 is 1.30 bits per heavy atom. The topological polar surface area (TPSA) is 46.6 Å². The third kappa shape index (κ3) is 6.83. The molecule has 0 radical (unpaired) electrons. The Morgan fingerprint density at radius 2 is 1.85 bits per heavy atom. The highest BCUT2D eigenvalue weighted by Gasteiger charge is 2.31. The van der Waals surface area contributed by atoms with Crippen molar-refractivity contribution in [3.8, 4) is 11.8 Å². The highest BCUT2D eigenvalue weighted by atomic mass is 19.4. The van der Waals surface area contributed by atoms with Gasteiger partial charge in [-0.15, -0.1) is 6.58 Å². The number of amides is 1. The Morgan fingerprint density at radius 3 is 2.25 bits per heavy atom. The molecule has 0 saturated carbocycles. The first kappa shape index (κ1) is 18.0. The van der Waals surface area contributed by atoms with Crippen molar-refractivity contribution in [1.29, 1.82) is 0 Å². The molecule has 20 heavy (non-hydrogen) atoms. The van der Waals surface area contributed by atoms with Gasteiger partial charge in [0.25, 0.3) is 0 Å². The van der Waals surface area contributed by atoms with Crippen LogP contribution in [-0.2, 0) is 14.3 Å². The number of halogens is 3. The van der Waals surface area contributed by atoms with Crippen LogP contribution in [0.4, 0.5) is 13.2 Å². The van der Waals surface area contributed by atoms with Gasteiger partial charge in [0.1, 0.15) is 0 Å². The van der Waals surface area contributed by atoms with Gasteiger partial charge in [-0.3, -0.25) is 4.79 Å². The summed E-state index contributed by atoms with van der Waals surface area (Å²) in [6.07, 6.45) is -3.23. The smallest absolute Gasteiger partial charge is 0.445 e. The molecule has 0 spiro atoms. The maximum atomic E-state index is 11.8. The van der Waals surface area contributed by atoms with Crippen LogP contribution in [0, 0.1) is 11.8 Å². The fourth-order valence-corrected chi connectivity index (χ4v) is 1.20. The Kier molecular flexibility index (Phi) is 6.30. The minimum absolute atomic E-state index is 0.117. The summed E-state index contributed by atoms with van der Waals surface area (Å²) in [5.74, 6) is 0.340. The Balaban J connectivity index is 4.64. The van der Waals surface area contributed by atoms with Gasteiger partial charge < -0.3 is 9.64 Å². The molecule has 0 rings (SSSR count). The van der Waals surface area contributed by atoms with E-state index in [-0.39, 0.29) is 6.54 Å². The van der Waals surface area contributed by atoms with E-state index in [4.69, 9.17) is 0 Å². The van der Waals surface area contributed by atoms with Crippen LogP contribution < -0.4 is 0 Å². The quantitative estimate of drug-likeness (QED) is 0.345. The van der Waals surface area contributed by atoms with E-state index in [9.17, 15) is 22.8 Å². The largest absolute Gasteiger partial charge is 0.457 e. The van der Waals surface area contributed by atoms with Crippen molar-refractivity contribution < 1.29 is 27.5 Å². The molecule has 0 aliphatic heterocycles. The lowest BCUT2D eigenvalue weighted by molar-refractivity contribution is -0.161. The van der Waals surface area contributed by atoms with Crippen LogP contribution >= 0.6 is 0 Å². The fraction of sp³-hybridized carbons (Fsp3) is 0.538. The lowest BCUT2D eigenvalue weighted by atomic mass is 10.1. The standard InChI is InChI=1S/C13H16F3NO3/c1-5-8-17(12(2,3)4)10(18)11(19)20-9-6-7-13(14,15)16/h5H,1,8-9H2,2-4H3. The molecule has 0 aliphatic rings. The van der Waals surface area contributed by atoms with Crippen molar-refractivity contribution >= 4 is 11.9 Å². The van der Waals surface area contributed by atoms with E-state index in [1.165, 1.54) is 11.0 Å². The number of nitrogens with zero attached hydrogens (tertiary/aromatic N) is 1. The van der Waals surface area contributed by atoms with Crippen molar-refractivity contribution in [3.05, 3.63) is 12.7 Å². The normalized spacial score (nSPS) is 11.1. The van der Waals surface area contributed by atoms with E-state index in [0.29, 0.717) is 0 Å². The van der Waals surface area contributed by atoms with Gasteiger partial charge in [0.15, 0.2) is 6.61 Å². The number of carbonyl (C=O) groups excluding carboxylic acids is 2. The van der Waals surface area contributed by atoms with Crippen molar-refractivity contribution in [2.75, 3.05) is 13.2 Å². The second-order valence-electron chi connectivity index (χ2n) is 4.75. The zero-order valence-electron chi connectivity index (χ0n) is 11.5. The van der Waals surface area contributed by atoms with Gasteiger partial charge in [0.05, 0.1) is 0 Å². The lowest BCUT2D eigenvalue weighted by Gasteiger charge is -2.33. The third-order valence-electron chi connectivity index (χ3n) is 2.05. The summed E-state index contributed by atoms with van der Waals surface area (Å²) in [5.41, 5.74) is -0.651. The monoisotopic (exact) mass is 291 g/mol. The number of carbonyl (C=O) groups is 2. The molecule has 0 aromatic heterocycles. The van der Waals surface area contributed by atoms with Gasteiger partial charge >= 0.3 is 18.1 Å². The Hall–Kier alpha value is -1.97. The molecule has 0 N–H and O–H groups in total. The number of ether oxygens (including phenoxy) is 1. The molecular formula is C13H16F3NO3. The van der Waals surface area contributed by atoms with Crippen molar-refractivity contribution in [2.45, 2.75) is 32.5 Å². The molecule has 0 heterocycles. The molecule has 0 aromatic rings. The van der Waals surface area contributed by atoms with E-state index in [1.807, 2.05) is 0 Å². The van der Waals surface area contributed by atoms with Crippen LogP contribution in [0.3, 0.4) is 0 Å². The predicted molar refractivity (Wildman–Crippen MR) is 66.5 cm³/mol. The van der Waals surface area contributed by atoms with Crippen molar-refractivity contribution in [2.24, 2.45) is 0 Å². The van der Waals surface area contributed by atoms with Crippen LogP contribution in [-0.4, -0.2) is 41.6 Å². The van der Waals surface area contributed by atoms with Crippen LogP contribution in [0.1, 0.15) is 20.8 Å². The summed E-state index contributed by atoms with van der Waals surface area (Å²) >= 11 is 0. The molecular weight excluding hydrogens is 275 g/mol. The highest BCUT2D eigenvalue weighted by Crippen LogP contribution is 2.14. The Bertz CT molecular complexity index is 438. The molecule has 0 fully saturated rings. The lowest BCUT2D eigenvalue weighted by Crippen LogP contribution is -2.49. The molecule has 0 unspecified atom stereocenters. The molecule has 0 aliphatic carbocycles. The van der Waals surface area contributed by atoms with Gasteiger partial charge in [-0.2, -0.15) is 13.2 Å². The maximum Gasteiger partial charge on any atom is 0.457 e. The fourth-order valence-electron chi connectivity index (χ4n) is 1.20. The molecule has 0 aromatic carbocycles. The molecule has 0 saturated heterocycles. The average Bonchev–Trinajstić information content (AvgIpc) is 2.27. The molecule has 4 nitrogen and oxygen atoms in total. The van der Waals surface area contributed by atoms with Gasteiger partial charge in [-0.1, -0.05) is 12.0 Å². The summed E-state index contributed by atoms with van der Waals surface area (Å²) in [6, 6.07) is 0. The summed E-state index contributed by atoms with van der Waals surface area (Å²) in [5, 5.41) is 0. The zero-order chi connectivity index (χ0) is 16.0. The van der Waals surface area contributed by atoms with Crippen LogP contribution in [0.15, 0.2) is 12.7 Å². The van der Waals surface area contributed by atoms with E-state index < -0.39 is 30.2 Å². The maximum absolute atomic E-state index is 11.8. The van der Waals surface area contributed by atoms with Gasteiger partial charge in [0, 0.05) is 18.0 Å². The highest BCUT2D eigenvalue weighted by molar-refractivity contribution is 6.32. The molecule has 0 bridgehead atoms. The van der Waals surface area contributed by atoms with E-state index in [0.717, 1.165) is 5.92 Å². The summed E-state index contributed by atoms with van der Waals surface area (Å²) in [6.45, 7) is 7.88. The van der Waals surface area contributed by atoms with Crippen LogP contribution in [0.5, 0.6) is 0 Å². The Labute approximate surface area is 115 Å².